The number of nitrogens with one attached hydrogen (secondary N) is 1. The maximum atomic E-state index is 5.58. The lowest BCUT2D eigenvalue weighted by atomic mass is 9.94. The third kappa shape index (κ3) is 4.15. The third-order valence-corrected chi connectivity index (χ3v) is 3.75. The van der Waals surface area contributed by atoms with E-state index in [0.717, 1.165) is 23.6 Å². The molecule has 0 aliphatic heterocycles. The van der Waals surface area contributed by atoms with Crippen LogP contribution in [0.1, 0.15) is 32.1 Å². The summed E-state index contributed by atoms with van der Waals surface area (Å²) in [5.74, 6) is 2.22. The first-order valence-electron chi connectivity index (χ1n) is 7.19. The van der Waals surface area contributed by atoms with Gasteiger partial charge in [-0.05, 0) is 55.7 Å². The van der Waals surface area contributed by atoms with Crippen LogP contribution in [0, 0.1) is 5.92 Å². The van der Waals surface area contributed by atoms with E-state index in [4.69, 9.17) is 9.15 Å². The minimum absolute atomic E-state index is 0.125. The van der Waals surface area contributed by atoms with E-state index < -0.39 is 0 Å². The van der Waals surface area contributed by atoms with Gasteiger partial charge in [0.1, 0.15) is 11.5 Å². The van der Waals surface area contributed by atoms with Crippen LogP contribution in [0.15, 0.2) is 59.2 Å². The van der Waals surface area contributed by atoms with Gasteiger partial charge in [0.15, 0.2) is 0 Å². The van der Waals surface area contributed by atoms with Crippen LogP contribution < -0.4 is 10.1 Å². The molecule has 0 saturated heterocycles. The van der Waals surface area contributed by atoms with Crippen molar-refractivity contribution in [1.82, 2.24) is 0 Å². The Kier molecular flexibility index (Phi) is 5.09. The van der Waals surface area contributed by atoms with E-state index in [1.165, 1.54) is 5.57 Å². The van der Waals surface area contributed by atoms with E-state index in [2.05, 4.69) is 25.7 Å². The van der Waals surface area contributed by atoms with Crippen molar-refractivity contribution in [2.45, 2.75) is 26.3 Å². The third-order valence-electron chi connectivity index (χ3n) is 3.75. The molecule has 0 spiro atoms. The Bertz CT molecular complexity index is 557. The molecule has 3 heteroatoms. The number of anilines is 1. The van der Waals surface area contributed by atoms with Gasteiger partial charge in [0.05, 0.1) is 19.4 Å². The molecule has 0 aliphatic carbocycles. The molecular weight excluding hydrogens is 262 g/mol. The van der Waals surface area contributed by atoms with Gasteiger partial charge < -0.3 is 14.5 Å². The SMILES string of the molecule is C=C(C)[C@@H](C)C[C@@H](Nc1ccc(OC)cc1)c1ccco1. The first kappa shape index (κ1) is 15.2. The Morgan fingerprint density at radius 1 is 1.29 bits per heavy atom. The van der Waals surface area contributed by atoms with Crippen molar-refractivity contribution < 1.29 is 9.15 Å². The Balaban J connectivity index is 2.13. The van der Waals surface area contributed by atoms with E-state index in [9.17, 15) is 0 Å². The van der Waals surface area contributed by atoms with Crippen molar-refractivity contribution in [2.75, 3.05) is 12.4 Å². The highest BCUT2D eigenvalue weighted by molar-refractivity contribution is 5.47. The standard InChI is InChI=1S/C18H23NO2/c1-13(2)14(3)12-17(18-6-5-11-21-18)19-15-7-9-16(20-4)10-8-15/h5-11,14,17,19H,1,12H2,2-4H3/t14-,17+/m0/s1. The van der Waals surface area contributed by atoms with Gasteiger partial charge >= 0.3 is 0 Å². The van der Waals surface area contributed by atoms with Crippen LogP contribution in [0.4, 0.5) is 5.69 Å². The zero-order valence-electron chi connectivity index (χ0n) is 12.9. The Hall–Kier alpha value is -2.16. The van der Waals surface area contributed by atoms with Crippen molar-refractivity contribution in [3.05, 3.63) is 60.6 Å². The summed E-state index contributed by atoms with van der Waals surface area (Å²) in [7, 11) is 1.67. The van der Waals surface area contributed by atoms with Crippen LogP contribution in [0.25, 0.3) is 0 Å². The quantitative estimate of drug-likeness (QED) is 0.723. The average molecular weight is 285 g/mol. The summed E-state index contributed by atoms with van der Waals surface area (Å²) in [5.41, 5.74) is 2.23. The van der Waals surface area contributed by atoms with E-state index in [1.54, 1.807) is 13.4 Å². The van der Waals surface area contributed by atoms with Crippen molar-refractivity contribution >= 4 is 5.69 Å². The van der Waals surface area contributed by atoms with Crippen molar-refractivity contribution in [3.63, 3.8) is 0 Å². The zero-order valence-corrected chi connectivity index (χ0v) is 12.9. The molecule has 1 N–H and O–H groups in total. The smallest absolute Gasteiger partial charge is 0.125 e. The largest absolute Gasteiger partial charge is 0.497 e. The predicted molar refractivity (Wildman–Crippen MR) is 86.7 cm³/mol. The number of methoxy groups -OCH3 is 1. The number of furan rings is 1. The van der Waals surface area contributed by atoms with Crippen LogP contribution in [0.3, 0.4) is 0 Å². The summed E-state index contributed by atoms with van der Waals surface area (Å²) in [5, 5.41) is 3.53. The highest BCUT2D eigenvalue weighted by Crippen LogP contribution is 2.29. The van der Waals surface area contributed by atoms with Gasteiger partial charge in [-0.3, -0.25) is 0 Å². The summed E-state index contributed by atoms with van der Waals surface area (Å²) in [6, 6.07) is 12.0. The van der Waals surface area contributed by atoms with Crippen LogP contribution in [0.5, 0.6) is 5.75 Å². The minimum atomic E-state index is 0.125. The van der Waals surface area contributed by atoms with E-state index in [0.29, 0.717) is 5.92 Å². The fourth-order valence-electron chi connectivity index (χ4n) is 2.18. The summed E-state index contributed by atoms with van der Waals surface area (Å²) in [6.45, 7) is 8.30. The number of ether oxygens (including phenoxy) is 1. The van der Waals surface area contributed by atoms with Crippen LogP contribution in [-0.4, -0.2) is 7.11 Å². The lowest BCUT2D eigenvalue weighted by molar-refractivity contribution is 0.414. The molecule has 1 aromatic carbocycles. The van der Waals surface area contributed by atoms with Gasteiger partial charge in [-0.1, -0.05) is 19.1 Å². The summed E-state index contributed by atoms with van der Waals surface area (Å²) in [6.07, 6.45) is 2.65. The molecule has 0 radical (unpaired) electrons. The summed E-state index contributed by atoms with van der Waals surface area (Å²) >= 11 is 0. The number of benzene rings is 1. The van der Waals surface area contributed by atoms with E-state index in [-0.39, 0.29) is 6.04 Å². The topological polar surface area (TPSA) is 34.4 Å². The summed E-state index contributed by atoms with van der Waals surface area (Å²) in [4.78, 5) is 0. The second kappa shape index (κ2) is 7.02. The monoisotopic (exact) mass is 285 g/mol. The van der Waals surface area contributed by atoms with Crippen molar-refractivity contribution in [2.24, 2.45) is 5.92 Å². The molecule has 112 valence electrons. The number of allylic oxidation sites excluding steroid dienone is 1. The molecule has 0 unspecified atom stereocenters. The lowest BCUT2D eigenvalue weighted by Gasteiger charge is -2.22. The van der Waals surface area contributed by atoms with Gasteiger partial charge in [-0.2, -0.15) is 0 Å². The highest BCUT2D eigenvalue weighted by Gasteiger charge is 2.18. The molecule has 2 rings (SSSR count). The molecule has 0 fully saturated rings. The minimum Gasteiger partial charge on any atom is -0.497 e. The molecule has 0 aliphatic rings. The Morgan fingerprint density at radius 3 is 2.52 bits per heavy atom. The molecule has 2 atom stereocenters. The van der Waals surface area contributed by atoms with E-state index in [1.807, 2.05) is 36.4 Å². The lowest BCUT2D eigenvalue weighted by Crippen LogP contribution is -2.14. The highest BCUT2D eigenvalue weighted by atomic mass is 16.5. The molecule has 0 bridgehead atoms. The molecule has 1 heterocycles. The molecular formula is C18H23NO2. The zero-order chi connectivity index (χ0) is 15.2. The summed E-state index contributed by atoms with van der Waals surface area (Å²) < 4.78 is 10.8. The van der Waals surface area contributed by atoms with Gasteiger partial charge in [0, 0.05) is 5.69 Å². The molecule has 0 amide bonds. The molecule has 3 nitrogen and oxygen atoms in total. The first-order chi connectivity index (χ1) is 10.1. The number of hydrogen-bond donors (Lipinski definition) is 1. The van der Waals surface area contributed by atoms with E-state index >= 15 is 0 Å². The average Bonchev–Trinajstić information content (AvgIpc) is 3.01. The predicted octanol–water partition coefficient (Wildman–Crippen LogP) is 5.04. The van der Waals surface area contributed by atoms with Crippen LogP contribution >= 0.6 is 0 Å². The Morgan fingerprint density at radius 2 is 2.00 bits per heavy atom. The van der Waals surface area contributed by atoms with Gasteiger partial charge in [-0.25, -0.2) is 0 Å². The van der Waals surface area contributed by atoms with Crippen molar-refractivity contribution in [1.29, 1.82) is 0 Å². The second-order valence-electron chi connectivity index (χ2n) is 5.42. The fraction of sp³-hybridized carbons (Fsp3) is 0.333. The molecule has 1 aromatic heterocycles. The first-order valence-corrected chi connectivity index (χ1v) is 7.19. The second-order valence-corrected chi connectivity index (χ2v) is 5.42. The molecule has 0 saturated carbocycles. The maximum absolute atomic E-state index is 5.58. The normalized spacial score (nSPS) is 13.5. The number of rotatable bonds is 7. The molecule has 2 aromatic rings. The van der Waals surface area contributed by atoms with Crippen molar-refractivity contribution in [3.8, 4) is 5.75 Å². The van der Waals surface area contributed by atoms with Crippen LogP contribution in [0.2, 0.25) is 0 Å². The van der Waals surface area contributed by atoms with Gasteiger partial charge in [0.2, 0.25) is 0 Å². The Labute approximate surface area is 126 Å². The van der Waals surface area contributed by atoms with Gasteiger partial charge in [0.25, 0.3) is 0 Å². The molecule has 21 heavy (non-hydrogen) atoms. The number of hydrogen-bond acceptors (Lipinski definition) is 3. The van der Waals surface area contributed by atoms with Crippen LogP contribution in [-0.2, 0) is 0 Å². The fourth-order valence-corrected chi connectivity index (χ4v) is 2.18. The van der Waals surface area contributed by atoms with Gasteiger partial charge in [-0.15, -0.1) is 0 Å². The maximum Gasteiger partial charge on any atom is 0.125 e.